The van der Waals surface area contributed by atoms with Crippen LogP contribution in [-0.2, 0) is 5.33 Å². The molecule has 5 heteroatoms. The van der Waals surface area contributed by atoms with Crippen molar-refractivity contribution in [2.45, 2.75) is 5.33 Å². The van der Waals surface area contributed by atoms with E-state index in [1.807, 2.05) is 0 Å². The lowest BCUT2D eigenvalue weighted by Crippen LogP contribution is -2.06. The number of pyridine rings is 1. The summed E-state index contributed by atoms with van der Waals surface area (Å²) in [6, 6.07) is 0. The molecule has 0 saturated carbocycles. The number of halogens is 1. The van der Waals surface area contributed by atoms with Gasteiger partial charge in [0.1, 0.15) is 0 Å². The Labute approximate surface area is 76.1 Å². The highest BCUT2D eigenvalue weighted by Crippen LogP contribution is 2.13. The van der Waals surface area contributed by atoms with Crippen LogP contribution in [0, 0.1) is 0 Å². The SMILES string of the molecule is O=c1[nH]cc(CBr)c2c[nH]nc12. The number of H-pyrrole nitrogens is 2. The van der Waals surface area contributed by atoms with Crippen LogP contribution in [0.4, 0.5) is 0 Å². The molecule has 2 heterocycles. The van der Waals surface area contributed by atoms with Crippen LogP contribution < -0.4 is 5.56 Å². The lowest BCUT2D eigenvalue weighted by atomic mass is 10.2. The van der Waals surface area contributed by atoms with Crippen LogP contribution in [0.2, 0.25) is 0 Å². The third-order valence-electron chi connectivity index (χ3n) is 1.72. The molecule has 0 atom stereocenters. The average molecular weight is 228 g/mol. The lowest BCUT2D eigenvalue weighted by Gasteiger charge is -1.94. The maximum atomic E-state index is 11.2. The highest BCUT2D eigenvalue weighted by atomic mass is 79.9. The van der Waals surface area contributed by atoms with Crippen molar-refractivity contribution >= 4 is 26.8 Å². The molecule has 12 heavy (non-hydrogen) atoms. The second kappa shape index (κ2) is 2.75. The molecule has 2 aromatic heterocycles. The van der Waals surface area contributed by atoms with E-state index in [9.17, 15) is 4.79 Å². The summed E-state index contributed by atoms with van der Waals surface area (Å²) in [6.07, 6.45) is 3.41. The van der Waals surface area contributed by atoms with E-state index in [2.05, 4.69) is 31.1 Å². The summed E-state index contributed by atoms with van der Waals surface area (Å²) in [5.74, 6) is 0. The quantitative estimate of drug-likeness (QED) is 0.719. The van der Waals surface area contributed by atoms with E-state index in [4.69, 9.17) is 0 Å². The standard InChI is InChI=1S/C7H6BrN3O/c8-1-4-2-9-7(12)6-5(4)3-10-11-6/h2-3H,1H2,(H,9,12)(H,10,11). The Morgan fingerprint density at radius 2 is 2.33 bits per heavy atom. The van der Waals surface area contributed by atoms with Gasteiger partial charge in [-0.05, 0) is 5.56 Å². The summed E-state index contributed by atoms with van der Waals surface area (Å²) in [5.41, 5.74) is 1.33. The molecule has 0 aliphatic heterocycles. The summed E-state index contributed by atoms with van der Waals surface area (Å²) in [5, 5.41) is 8.08. The first kappa shape index (κ1) is 7.54. The molecule has 0 amide bonds. The van der Waals surface area contributed by atoms with Gasteiger partial charge < -0.3 is 4.98 Å². The Kier molecular flexibility index (Phi) is 1.73. The van der Waals surface area contributed by atoms with Crippen molar-refractivity contribution < 1.29 is 0 Å². The van der Waals surface area contributed by atoms with Gasteiger partial charge in [0.2, 0.25) is 0 Å². The summed E-state index contributed by atoms with van der Waals surface area (Å²) in [7, 11) is 0. The van der Waals surface area contributed by atoms with Gasteiger partial charge in [-0.25, -0.2) is 0 Å². The minimum atomic E-state index is -0.157. The van der Waals surface area contributed by atoms with E-state index in [1.165, 1.54) is 0 Å². The van der Waals surface area contributed by atoms with Crippen molar-refractivity contribution in [1.29, 1.82) is 0 Å². The molecule has 2 aromatic rings. The molecular weight excluding hydrogens is 222 g/mol. The smallest absolute Gasteiger partial charge is 0.276 e. The molecule has 0 fully saturated rings. The van der Waals surface area contributed by atoms with Crippen molar-refractivity contribution in [2.75, 3.05) is 0 Å². The number of fused-ring (bicyclic) bond motifs is 1. The van der Waals surface area contributed by atoms with Crippen LogP contribution in [0.3, 0.4) is 0 Å². The normalized spacial score (nSPS) is 10.8. The molecule has 0 aromatic carbocycles. The lowest BCUT2D eigenvalue weighted by molar-refractivity contribution is 1.10. The van der Waals surface area contributed by atoms with Gasteiger partial charge in [0.05, 0.1) is 0 Å². The fourth-order valence-corrected chi connectivity index (χ4v) is 1.58. The molecular formula is C7H6BrN3O. The second-order valence-corrected chi connectivity index (χ2v) is 2.98. The van der Waals surface area contributed by atoms with Gasteiger partial charge in [-0.2, -0.15) is 5.10 Å². The van der Waals surface area contributed by atoms with Gasteiger partial charge in [-0.3, -0.25) is 9.89 Å². The topological polar surface area (TPSA) is 61.5 Å². The Morgan fingerprint density at radius 3 is 3.08 bits per heavy atom. The highest BCUT2D eigenvalue weighted by Gasteiger charge is 2.04. The molecule has 0 unspecified atom stereocenters. The molecule has 0 radical (unpaired) electrons. The van der Waals surface area contributed by atoms with Crippen LogP contribution in [0.1, 0.15) is 5.56 Å². The number of nitrogens with one attached hydrogen (secondary N) is 2. The predicted molar refractivity (Wildman–Crippen MR) is 49.3 cm³/mol. The molecule has 2 rings (SSSR count). The fourth-order valence-electron chi connectivity index (χ4n) is 1.12. The predicted octanol–water partition coefficient (Wildman–Crippen LogP) is 1.15. The van der Waals surface area contributed by atoms with Gasteiger partial charge >= 0.3 is 0 Å². The first-order valence-electron chi connectivity index (χ1n) is 3.43. The Balaban J connectivity index is 2.92. The Morgan fingerprint density at radius 1 is 1.50 bits per heavy atom. The van der Waals surface area contributed by atoms with Crippen LogP contribution in [0.5, 0.6) is 0 Å². The monoisotopic (exact) mass is 227 g/mol. The maximum absolute atomic E-state index is 11.2. The first-order valence-corrected chi connectivity index (χ1v) is 4.55. The number of hydrogen-bond donors (Lipinski definition) is 2. The van der Waals surface area contributed by atoms with E-state index < -0.39 is 0 Å². The number of alkyl halides is 1. The number of rotatable bonds is 1. The van der Waals surface area contributed by atoms with E-state index >= 15 is 0 Å². The zero-order valence-corrected chi connectivity index (χ0v) is 7.68. The second-order valence-electron chi connectivity index (χ2n) is 2.42. The number of hydrogen-bond acceptors (Lipinski definition) is 2. The van der Waals surface area contributed by atoms with Crippen LogP contribution in [-0.4, -0.2) is 15.2 Å². The largest absolute Gasteiger partial charge is 0.327 e. The molecule has 0 aliphatic carbocycles. The number of aromatic nitrogens is 3. The number of nitrogens with zero attached hydrogens (tertiary/aromatic N) is 1. The average Bonchev–Trinajstić information content (AvgIpc) is 2.54. The van der Waals surface area contributed by atoms with Crippen molar-refractivity contribution in [2.24, 2.45) is 0 Å². The summed E-state index contributed by atoms with van der Waals surface area (Å²) < 4.78 is 0. The van der Waals surface area contributed by atoms with Crippen molar-refractivity contribution in [3.05, 3.63) is 28.3 Å². The summed E-state index contributed by atoms with van der Waals surface area (Å²) >= 11 is 3.32. The molecule has 4 nitrogen and oxygen atoms in total. The zero-order chi connectivity index (χ0) is 8.55. The van der Waals surface area contributed by atoms with Crippen LogP contribution >= 0.6 is 15.9 Å². The third kappa shape index (κ3) is 0.972. The minimum absolute atomic E-state index is 0.157. The van der Waals surface area contributed by atoms with Gasteiger partial charge in [0.15, 0.2) is 5.52 Å². The molecule has 0 aliphatic rings. The van der Waals surface area contributed by atoms with Gasteiger partial charge in [0.25, 0.3) is 5.56 Å². The molecule has 0 bridgehead atoms. The van der Waals surface area contributed by atoms with Crippen molar-refractivity contribution in [1.82, 2.24) is 15.2 Å². The van der Waals surface area contributed by atoms with Crippen molar-refractivity contribution in [3.63, 3.8) is 0 Å². The van der Waals surface area contributed by atoms with Crippen molar-refractivity contribution in [3.8, 4) is 0 Å². The Bertz CT molecular complexity index is 459. The zero-order valence-electron chi connectivity index (χ0n) is 6.10. The molecule has 0 saturated heterocycles. The molecule has 2 N–H and O–H groups in total. The maximum Gasteiger partial charge on any atom is 0.276 e. The van der Waals surface area contributed by atoms with E-state index in [-0.39, 0.29) is 5.56 Å². The van der Waals surface area contributed by atoms with E-state index in [0.29, 0.717) is 10.8 Å². The fraction of sp³-hybridized carbons (Fsp3) is 0.143. The molecule has 0 spiro atoms. The van der Waals surface area contributed by atoms with Gasteiger partial charge in [0, 0.05) is 23.1 Å². The first-order chi connectivity index (χ1) is 5.83. The highest BCUT2D eigenvalue weighted by molar-refractivity contribution is 9.08. The Hall–Kier alpha value is -1.10. The third-order valence-corrected chi connectivity index (χ3v) is 2.33. The summed E-state index contributed by atoms with van der Waals surface area (Å²) in [6.45, 7) is 0. The van der Waals surface area contributed by atoms with Gasteiger partial charge in [-0.1, -0.05) is 15.9 Å². The van der Waals surface area contributed by atoms with E-state index in [0.717, 1.165) is 10.9 Å². The van der Waals surface area contributed by atoms with E-state index in [1.54, 1.807) is 12.4 Å². The van der Waals surface area contributed by atoms with Gasteiger partial charge in [-0.15, -0.1) is 0 Å². The minimum Gasteiger partial charge on any atom is -0.327 e. The number of aromatic amines is 2. The van der Waals surface area contributed by atoms with Crippen LogP contribution in [0.15, 0.2) is 17.2 Å². The molecule has 62 valence electrons. The van der Waals surface area contributed by atoms with Crippen LogP contribution in [0.25, 0.3) is 10.9 Å². The summed E-state index contributed by atoms with van der Waals surface area (Å²) in [4.78, 5) is 13.8.